The summed E-state index contributed by atoms with van der Waals surface area (Å²) in [6.07, 6.45) is 0. The highest BCUT2D eigenvalue weighted by Gasteiger charge is 2.23. The van der Waals surface area contributed by atoms with Crippen LogP contribution in [0.15, 0.2) is 41.3 Å². The number of anilines is 2. The molecule has 0 saturated carbocycles. The number of hydrogen-bond donors (Lipinski definition) is 2. The topological polar surface area (TPSA) is 106 Å². The first kappa shape index (κ1) is 23.3. The van der Waals surface area contributed by atoms with Gasteiger partial charge in [-0.25, -0.2) is 12.7 Å². The predicted molar refractivity (Wildman–Crippen MR) is 115 cm³/mol. The molecule has 0 atom stereocenters. The first-order chi connectivity index (χ1) is 14.2. The van der Waals surface area contributed by atoms with Gasteiger partial charge in [-0.15, -0.1) is 0 Å². The highest BCUT2D eigenvalue weighted by Crippen LogP contribution is 2.30. The molecule has 0 spiro atoms. The lowest BCUT2D eigenvalue weighted by Gasteiger charge is -2.17. The largest absolute Gasteiger partial charge is 0.497 e. The van der Waals surface area contributed by atoms with Gasteiger partial charge in [0.2, 0.25) is 15.9 Å². The predicted octanol–water partition coefficient (Wildman–Crippen LogP) is 2.40. The summed E-state index contributed by atoms with van der Waals surface area (Å²) in [6.45, 7) is 2.01. The molecule has 164 valence electrons. The maximum Gasteiger partial charge on any atom is 0.246 e. The van der Waals surface area contributed by atoms with Crippen molar-refractivity contribution >= 4 is 27.3 Å². The highest BCUT2D eigenvalue weighted by molar-refractivity contribution is 7.89. The van der Waals surface area contributed by atoms with Crippen LogP contribution in [0.4, 0.5) is 11.4 Å². The third-order valence-electron chi connectivity index (χ3n) is 4.14. The minimum absolute atomic E-state index is 0.0224. The maximum absolute atomic E-state index is 12.6. The van der Waals surface area contributed by atoms with E-state index >= 15 is 0 Å². The second-order valence-corrected chi connectivity index (χ2v) is 8.47. The van der Waals surface area contributed by atoms with Gasteiger partial charge < -0.3 is 24.8 Å². The van der Waals surface area contributed by atoms with Gasteiger partial charge in [0.05, 0.1) is 33.1 Å². The number of methoxy groups -OCH3 is 2. The smallest absolute Gasteiger partial charge is 0.246 e. The number of ether oxygens (including phenoxy) is 3. The Kier molecular flexibility index (Phi) is 7.90. The third kappa shape index (κ3) is 5.55. The van der Waals surface area contributed by atoms with E-state index in [2.05, 4.69) is 10.6 Å². The van der Waals surface area contributed by atoms with E-state index in [4.69, 9.17) is 14.2 Å². The number of nitrogens with zero attached hydrogens (tertiary/aromatic N) is 1. The molecule has 0 unspecified atom stereocenters. The molecule has 10 heteroatoms. The molecule has 2 aromatic rings. The number of benzene rings is 2. The van der Waals surface area contributed by atoms with Crippen LogP contribution in [0.25, 0.3) is 0 Å². The van der Waals surface area contributed by atoms with Gasteiger partial charge in [-0.05, 0) is 37.3 Å². The van der Waals surface area contributed by atoms with Crippen LogP contribution in [0, 0.1) is 0 Å². The molecule has 0 heterocycles. The summed E-state index contributed by atoms with van der Waals surface area (Å²) in [5, 5.41) is 5.67. The number of sulfonamides is 1. The van der Waals surface area contributed by atoms with E-state index in [0.717, 1.165) is 4.31 Å². The second-order valence-electron chi connectivity index (χ2n) is 6.35. The molecule has 2 rings (SSSR count). The first-order valence-corrected chi connectivity index (χ1v) is 10.6. The van der Waals surface area contributed by atoms with Gasteiger partial charge in [0.1, 0.15) is 22.1 Å². The summed E-state index contributed by atoms with van der Waals surface area (Å²) < 4.78 is 42.2. The van der Waals surface area contributed by atoms with Crippen molar-refractivity contribution in [2.45, 2.75) is 11.8 Å². The summed E-state index contributed by atoms with van der Waals surface area (Å²) in [5.41, 5.74) is 0.929. The van der Waals surface area contributed by atoms with Crippen LogP contribution < -0.4 is 24.8 Å². The van der Waals surface area contributed by atoms with Gasteiger partial charge in [0, 0.05) is 25.8 Å². The molecule has 0 saturated heterocycles. The van der Waals surface area contributed by atoms with Crippen LogP contribution >= 0.6 is 0 Å². The van der Waals surface area contributed by atoms with E-state index in [1.54, 1.807) is 37.3 Å². The number of carbonyl (C=O) groups is 1. The Labute approximate surface area is 177 Å². The number of carbonyl (C=O) groups excluding carboxylic acids is 1. The lowest BCUT2D eigenvalue weighted by Crippen LogP contribution is -2.24. The zero-order valence-corrected chi connectivity index (χ0v) is 18.5. The monoisotopic (exact) mass is 437 g/mol. The minimum Gasteiger partial charge on any atom is -0.497 e. The molecule has 0 aliphatic heterocycles. The molecular weight excluding hydrogens is 410 g/mol. The molecule has 1 amide bonds. The second kappa shape index (κ2) is 10.2. The van der Waals surface area contributed by atoms with Gasteiger partial charge >= 0.3 is 0 Å². The van der Waals surface area contributed by atoms with Crippen molar-refractivity contribution in [1.29, 1.82) is 0 Å². The average molecular weight is 438 g/mol. The lowest BCUT2D eigenvalue weighted by molar-refractivity contribution is -0.114. The molecular formula is C20H27N3O6S. The number of hydrogen-bond acceptors (Lipinski definition) is 7. The van der Waals surface area contributed by atoms with Crippen molar-refractivity contribution in [2.75, 3.05) is 52.1 Å². The molecule has 0 fully saturated rings. The Morgan fingerprint density at radius 2 is 1.73 bits per heavy atom. The Balaban J connectivity index is 2.17. The molecule has 30 heavy (non-hydrogen) atoms. The summed E-state index contributed by atoms with van der Waals surface area (Å²) in [6, 6.07) is 9.71. The Morgan fingerprint density at radius 1 is 1.03 bits per heavy atom. The van der Waals surface area contributed by atoms with Crippen LogP contribution in [-0.4, -0.2) is 60.1 Å². The van der Waals surface area contributed by atoms with E-state index < -0.39 is 10.0 Å². The molecule has 0 aliphatic carbocycles. The standard InChI is InChI=1S/C20H27N3O6S/c1-6-29-18-9-7-14(11-19(18)30(25,26)23(2)3)21-13-20(24)22-16-12-15(27-4)8-10-17(16)28-5/h7-12,21H,6,13H2,1-5H3,(H,22,24). The van der Waals surface area contributed by atoms with Crippen LogP contribution in [0.1, 0.15) is 6.92 Å². The first-order valence-electron chi connectivity index (χ1n) is 9.18. The highest BCUT2D eigenvalue weighted by atomic mass is 32.2. The van der Waals surface area contributed by atoms with Crippen molar-refractivity contribution in [2.24, 2.45) is 0 Å². The Morgan fingerprint density at radius 3 is 2.33 bits per heavy atom. The Hall–Kier alpha value is -2.98. The van der Waals surface area contributed by atoms with E-state index in [1.807, 2.05) is 0 Å². The number of rotatable bonds is 10. The van der Waals surface area contributed by atoms with Crippen molar-refractivity contribution < 1.29 is 27.4 Å². The Bertz CT molecular complexity index is 992. The van der Waals surface area contributed by atoms with Crippen LogP contribution in [0.5, 0.6) is 17.2 Å². The van der Waals surface area contributed by atoms with Gasteiger partial charge in [0.25, 0.3) is 0 Å². The fourth-order valence-corrected chi connectivity index (χ4v) is 3.63. The quantitative estimate of drug-likeness (QED) is 0.588. The normalized spacial score (nSPS) is 11.1. The van der Waals surface area contributed by atoms with Gasteiger partial charge in [-0.2, -0.15) is 0 Å². The zero-order chi connectivity index (χ0) is 22.3. The third-order valence-corrected chi connectivity index (χ3v) is 5.97. The van der Waals surface area contributed by atoms with E-state index in [0.29, 0.717) is 29.5 Å². The van der Waals surface area contributed by atoms with Gasteiger partial charge in [-0.1, -0.05) is 0 Å². The van der Waals surface area contributed by atoms with E-state index in [1.165, 1.54) is 34.4 Å². The summed E-state index contributed by atoms with van der Waals surface area (Å²) >= 11 is 0. The molecule has 0 radical (unpaired) electrons. The SMILES string of the molecule is CCOc1ccc(NCC(=O)Nc2cc(OC)ccc2OC)cc1S(=O)(=O)N(C)C. The van der Waals surface area contributed by atoms with E-state index in [9.17, 15) is 13.2 Å². The van der Waals surface area contributed by atoms with E-state index in [-0.39, 0.29) is 23.1 Å². The molecule has 0 aromatic heterocycles. The fourth-order valence-electron chi connectivity index (χ4n) is 2.58. The number of nitrogens with one attached hydrogen (secondary N) is 2. The lowest BCUT2D eigenvalue weighted by atomic mass is 10.2. The maximum atomic E-state index is 12.6. The minimum atomic E-state index is -3.72. The number of amides is 1. The van der Waals surface area contributed by atoms with Crippen LogP contribution in [-0.2, 0) is 14.8 Å². The average Bonchev–Trinajstić information content (AvgIpc) is 2.72. The summed E-state index contributed by atoms with van der Waals surface area (Å²) in [4.78, 5) is 12.4. The molecule has 0 aliphatic rings. The molecule has 2 N–H and O–H groups in total. The molecule has 2 aromatic carbocycles. The van der Waals surface area contributed by atoms with Crippen molar-refractivity contribution in [3.63, 3.8) is 0 Å². The van der Waals surface area contributed by atoms with Crippen molar-refractivity contribution in [3.8, 4) is 17.2 Å². The van der Waals surface area contributed by atoms with Crippen LogP contribution in [0.2, 0.25) is 0 Å². The van der Waals surface area contributed by atoms with Crippen molar-refractivity contribution in [1.82, 2.24) is 4.31 Å². The molecule has 0 bridgehead atoms. The van der Waals surface area contributed by atoms with Crippen LogP contribution in [0.3, 0.4) is 0 Å². The van der Waals surface area contributed by atoms with Crippen molar-refractivity contribution in [3.05, 3.63) is 36.4 Å². The van der Waals surface area contributed by atoms with Gasteiger partial charge in [-0.3, -0.25) is 4.79 Å². The van der Waals surface area contributed by atoms with Gasteiger partial charge in [0.15, 0.2) is 0 Å². The summed E-state index contributed by atoms with van der Waals surface area (Å²) in [7, 11) is 2.20. The zero-order valence-electron chi connectivity index (χ0n) is 17.7. The summed E-state index contributed by atoms with van der Waals surface area (Å²) in [5.74, 6) is 0.975. The fraction of sp³-hybridized carbons (Fsp3) is 0.350. The molecule has 9 nitrogen and oxygen atoms in total.